The highest BCUT2D eigenvalue weighted by Crippen LogP contribution is 2.20. The zero-order valence-corrected chi connectivity index (χ0v) is 9.61. The first kappa shape index (κ1) is 11.3. The van der Waals surface area contributed by atoms with E-state index in [9.17, 15) is 5.11 Å². The quantitative estimate of drug-likeness (QED) is 0.818. The highest BCUT2D eigenvalue weighted by Gasteiger charge is 2.10. The predicted octanol–water partition coefficient (Wildman–Crippen LogP) is 1.22. The Bertz CT molecular complexity index is 498. The highest BCUT2D eigenvalue weighted by atomic mass is 35.5. The van der Waals surface area contributed by atoms with Crippen molar-refractivity contribution in [3.8, 4) is 0 Å². The molecule has 2 rings (SSSR count). The van der Waals surface area contributed by atoms with Gasteiger partial charge in [-0.25, -0.2) is 4.98 Å². The summed E-state index contributed by atoms with van der Waals surface area (Å²) in [5.74, 6) is 0. The lowest BCUT2D eigenvalue weighted by molar-refractivity contribution is 0.184. The summed E-state index contributed by atoms with van der Waals surface area (Å²) < 4.78 is 6.75. The van der Waals surface area contributed by atoms with Gasteiger partial charge in [-0.1, -0.05) is 11.6 Å². The second-order valence-corrected chi connectivity index (χ2v) is 3.74. The van der Waals surface area contributed by atoms with Gasteiger partial charge in [-0.05, 0) is 6.07 Å². The van der Waals surface area contributed by atoms with E-state index >= 15 is 0 Å². The van der Waals surface area contributed by atoms with E-state index < -0.39 is 0 Å². The Morgan fingerprint density at radius 2 is 2.38 bits per heavy atom. The molecule has 2 heterocycles. The number of nitrogens with zero attached hydrogens (tertiary/aromatic N) is 3. The second kappa shape index (κ2) is 4.78. The van der Waals surface area contributed by atoms with Crippen LogP contribution in [0, 0.1) is 0 Å². The molecule has 0 radical (unpaired) electrons. The molecule has 5 nitrogen and oxygen atoms in total. The minimum atomic E-state index is -0.157. The molecule has 0 aliphatic heterocycles. The number of aliphatic hydroxyl groups is 1. The normalized spacial score (nSPS) is 11.2. The van der Waals surface area contributed by atoms with E-state index in [1.54, 1.807) is 24.1 Å². The smallest absolute Gasteiger partial charge is 0.130 e. The van der Waals surface area contributed by atoms with Gasteiger partial charge in [-0.3, -0.25) is 4.68 Å². The summed E-state index contributed by atoms with van der Waals surface area (Å²) in [4.78, 5) is 4.07. The van der Waals surface area contributed by atoms with Gasteiger partial charge in [0.15, 0.2) is 0 Å². The first-order valence-electron chi connectivity index (χ1n) is 4.87. The van der Waals surface area contributed by atoms with Gasteiger partial charge >= 0.3 is 0 Å². The number of hydrogen-bond donors (Lipinski definition) is 1. The third kappa shape index (κ3) is 2.02. The van der Waals surface area contributed by atoms with Crippen LogP contribution in [0.4, 0.5) is 0 Å². The number of aromatic nitrogens is 3. The number of pyridine rings is 1. The summed E-state index contributed by atoms with van der Waals surface area (Å²) in [7, 11) is 1.63. The maximum absolute atomic E-state index is 9.23. The molecule has 0 saturated heterocycles. The average Bonchev–Trinajstić information content (AvgIpc) is 2.68. The highest BCUT2D eigenvalue weighted by molar-refractivity contribution is 6.30. The Labute approximate surface area is 97.6 Å². The third-order valence-electron chi connectivity index (χ3n) is 2.31. The average molecular weight is 242 g/mol. The van der Waals surface area contributed by atoms with Gasteiger partial charge in [-0.15, -0.1) is 0 Å². The van der Waals surface area contributed by atoms with E-state index in [1.165, 1.54) is 0 Å². The van der Waals surface area contributed by atoms with Crippen LogP contribution in [-0.2, 0) is 17.9 Å². The molecule has 0 atom stereocenters. The summed E-state index contributed by atoms with van der Waals surface area (Å²) in [6.45, 7) is 1.02. The van der Waals surface area contributed by atoms with Crippen LogP contribution in [0.5, 0.6) is 0 Å². The van der Waals surface area contributed by atoms with Gasteiger partial charge in [-0.2, -0.15) is 5.10 Å². The largest absolute Gasteiger partial charge is 0.390 e. The molecule has 0 unspecified atom stereocenters. The van der Waals surface area contributed by atoms with Crippen molar-refractivity contribution in [1.82, 2.24) is 14.8 Å². The summed E-state index contributed by atoms with van der Waals surface area (Å²) >= 11 is 5.83. The number of hydrogen-bond acceptors (Lipinski definition) is 4. The monoisotopic (exact) mass is 241 g/mol. The Hall–Kier alpha value is -1.17. The molecule has 0 aliphatic rings. The molecule has 1 N–H and O–H groups in total. The van der Waals surface area contributed by atoms with Gasteiger partial charge < -0.3 is 9.84 Å². The van der Waals surface area contributed by atoms with Crippen molar-refractivity contribution in [2.45, 2.75) is 13.2 Å². The van der Waals surface area contributed by atoms with Crippen LogP contribution in [0.15, 0.2) is 12.3 Å². The Morgan fingerprint density at radius 1 is 1.56 bits per heavy atom. The minimum Gasteiger partial charge on any atom is -0.390 e. The molecule has 0 bridgehead atoms. The van der Waals surface area contributed by atoms with Crippen LogP contribution in [0.25, 0.3) is 10.9 Å². The van der Waals surface area contributed by atoms with E-state index in [1.807, 2.05) is 0 Å². The van der Waals surface area contributed by atoms with Crippen LogP contribution in [-0.4, -0.2) is 33.6 Å². The number of aliphatic hydroxyl groups excluding tert-OH is 1. The van der Waals surface area contributed by atoms with Crippen LogP contribution >= 0.6 is 11.6 Å². The molecule has 2 aromatic rings. The van der Waals surface area contributed by atoms with E-state index in [-0.39, 0.29) is 6.61 Å². The third-order valence-corrected chi connectivity index (χ3v) is 2.51. The summed E-state index contributed by atoms with van der Waals surface area (Å²) in [5, 5.41) is 14.7. The van der Waals surface area contributed by atoms with Crippen LogP contribution in [0.2, 0.25) is 5.15 Å². The van der Waals surface area contributed by atoms with Crippen molar-refractivity contribution >= 4 is 22.5 Å². The summed E-state index contributed by atoms with van der Waals surface area (Å²) in [6.07, 6.45) is 1.71. The molecule has 0 amide bonds. The van der Waals surface area contributed by atoms with Gasteiger partial charge in [0.25, 0.3) is 0 Å². The fourth-order valence-electron chi connectivity index (χ4n) is 1.62. The number of ether oxygens (including phenoxy) is 1. The molecule has 16 heavy (non-hydrogen) atoms. The Morgan fingerprint density at radius 3 is 3.06 bits per heavy atom. The molecule has 0 aromatic carbocycles. The predicted molar refractivity (Wildman–Crippen MR) is 60.3 cm³/mol. The van der Waals surface area contributed by atoms with E-state index in [0.29, 0.717) is 24.0 Å². The minimum absolute atomic E-state index is 0.157. The molecule has 0 saturated carbocycles. The fraction of sp³-hybridized carbons (Fsp3) is 0.400. The number of rotatable bonds is 4. The summed E-state index contributed by atoms with van der Waals surface area (Å²) in [6, 6.07) is 1.73. The lowest BCUT2D eigenvalue weighted by Gasteiger charge is -2.05. The zero-order chi connectivity index (χ0) is 11.5. The van der Waals surface area contributed by atoms with Gasteiger partial charge in [0.1, 0.15) is 5.15 Å². The lowest BCUT2D eigenvalue weighted by atomic mass is 10.2. The number of fused-ring (bicyclic) bond motifs is 1. The Balaban J connectivity index is 2.51. The molecular formula is C10H12ClN3O2. The standard InChI is InChI=1S/C10H12ClN3O2/c1-16-3-2-14-10-7(5-12-14)4-9(11)13-8(10)6-15/h4-5,15H,2-3,6H2,1H3. The molecular weight excluding hydrogens is 230 g/mol. The molecule has 0 aliphatic carbocycles. The van der Waals surface area contributed by atoms with E-state index in [2.05, 4.69) is 10.1 Å². The summed E-state index contributed by atoms with van der Waals surface area (Å²) in [5.41, 5.74) is 1.35. The molecule has 2 aromatic heterocycles. The van der Waals surface area contributed by atoms with Crippen molar-refractivity contribution in [3.63, 3.8) is 0 Å². The maximum atomic E-state index is 9.23. The molecule has 0 spiro atoms. The van der Waals surface area contributed by atoms with Crippen molar-refractivity contribution < 1.29 is 9.84 Å². The molecule has 86 valence electrons. The van der Waals surface area contributed by atoms with Crippen molar-refractivity contribution in [3.05, 3.63) is 23.1 Å². The van der Waals surface area contributed by atoms with Crippen molar-refractivity contribution in [2.24, 2.45) is 0 Å². The van der Waals surface area contributed by atoms with Gasteiger partial charge in [0, 0.05) is 12.5 Å². The maximum Gasteiger partial charge on any atom is 0.130 e. The molecule has 0 fully saturated rings. The second-order valence-electron chi connectivity index (χ2n) is 3.35. The Kier molecular flexibility index (Phi) is 3.38. The zero-order valence-electron chi connectivity index (χ0n) is 8.85. The van der Waals surface area contributed by atoms with Crippen molar-refractivity contribution in [2.75, 3.05) is 13.7 Å². The van der Waals surface area contributed by atoms with Crippen LogP contribution < -0.4 is 0 Å². The van der Waals surface area contributed by atoms with Crippen molar-refractivity contribution in [1.29, 1.82) is 0 Å². The van der Waals surface area contributed by atoms with E-state index in [0.717, 1.165) is 10.9 Å². The fourth-order valence-corrected chi connectivity index (χ4v) is 1.84. The topological polar surface area (TPSA) is 60.2 Å². The van der Waals surface area contributed by atoms with Crippen LogP contribution in [0.1, 0.15) is 5.69 Å². The van der Waals surface area contributed by atoms with Crippen LogP contribution in [0.3, 0.4) is 0 Å². The molecule has 6 heteroatoms. The van der Waals surface area contributed by atoms with E-state index in [4.69, 9.17) is 16.3 Å². The van der Waals surface area contributed by atoms with Gasteiger partial charge in [0.2, 0.25) is 0 Å². The lowest BCUT2D eigenvalue weighted by Crippen LogP contribution is -2.07. The number of methoxy groups -OCH3 is 1. The number of halogens is 1. The first-order valence-corrected chi connectivity index (χ1v) is 5.24. The first-order chi connectivity index (χ1) is 7.76. The SMILES string of the molecule is COCCn1ncc2cc(Cl)nc(CO)c21. The van der Waals surface area contributed by atoms with Gasteiger partial charge in [0.05, 0.1) is 37.2 Å².